The molecule has 4 aromatic rings. The van der Waals surface area contributed by atoms with Crippen molar-refractivity contribution in [1.82, 2.24) is 4.98 Å². The van der Waals surface area contributed by atoms with Crippen LogP contribution in [0.1, 0.15) is 24.2 Å². The molecule has 0 spiro atoms. The summed E-state index contributed by atoms with van der Waals surface area (Å²) in [4.78, 5) is 17.2. The van der Waals surface area contributed by atoms with Crippen LogP contribution in [0.4, 0.5) is 5.69 Å². The third-order valence-electron chi connectivity index (χ3n) is 4.28. The molecule has 0 fully saturated rings. The first-order valence-corrected chi connectivity index (χ1v) is 10.1. The maximum Gasteiger partial charge on any atom is 0.255 e. The van der Waals surface area contributed by atoms with Crippen LogP contribution in [0.15, 0.2) is 65.1 Å². The summed E-state index contributed by atoms with van der Waals surface area (Å²) in [5, 5.41) is 3.83. The Hall–Kier alpha value is -3.02. The lowest BCUT2D eigenvalue weighted by atomic mass is 10.1. The van der Waals surface area contributed by atoms with E-state index in [2.05, 4.69) is 10.3 Å². The Morgan fingerprint density at radius 2 is 1.90 bits per heavy atom. The van der Waals surface area contributed by atoms with Crippen molar-refractivity contribution in [3.8, 4) is 17.2 Å². The second kappa shape index (κ2) is 8.38. The van der Waals surface area contributed by atoms with Crippen LogP contribution in [-0.2, 0) is 0 Å². The third kappa shape index (κ3) is 4.42. The molecular formula is C23H18Cl2N2O3. The molecule has 0 atom stereocenters. The number of ether oxygens (including phenoxy) is 1. The summed E-state index contributed by atoms with van der Waals surface area (Å²) in [6.07, 6.45) is 0.0145. The summed E-state index contributed by atoms with van der Waals surface area (Å²) in [6.45, 7) is 3.86. The van der Waals surface area contributed by atoms with E-state index in [1.54, 1.807) is 54.6 Å². The Labute approximate surface area is 183 Å². The monoisotopic (exact) mass is 440 g/mol. The molecule has 0 bridgehead atoms. The first-order chi connectivity index (χ1) is 14.4. The van der Waals surface area contributed by atoms with Crippen LogP contribution >= 0.6 is 23.2 Å². The predicted octanol–water partition coefficient (Wildman–Crippen LogP) is 6.84. The van der Waals surface area contributed by atoms with Gasteiger partial charge in [0.15, 0.2) is 5.58 Å². The molecule has 152 valence electrons. The van der Waals surface area contributed by atoms with Gasteiger partial charge in [0, 0.05) is 16.1 Å². The van der Waals surface area contributed by atoms with Crippen molar-refractivity contribution in [3.05, 3.63) is 76.3 Å². The van der Waals surface area contributed by atoms with Crippen molar-refractivity contribution < 1.29 is 13.9 Å². The maximum absolute atomic E-state index is 12.8. The molecule has 5 nitrogen and oxygen atoms in total. The fraction of sp³-hybridized carbons (Fsp3) is 0.130. The Balaban J connectivity index is 1.61. The minimum Gasteiger partial charge on any atom is -0.491 e. The maximum atomic E-state index is 12.8. The molecule has 7 heteroatoms. The van der Waals surface area contributed by atoms with Gasteiger partial charge in [-0.05, 0) is 68.4 Å². The van der Waals surface area contributed by atoms with Crippen LogP contribution in [-0.4, -0.2) is 17.0 Å². The zero-order valence-corrected chi connectivity index (χ0v) is 17.8. The summed E-state index contributed by atoms with van der Waals surface area (Å²) < 4.78 is 11.5. The van der Waals surface area contributed by atoms with Crippen LogP contribution in [0, 0.1) is 0 Å². The number of hydrogen-bond donors (Lipinski definition) is 1. The van der Waals surface area contributed by atoms with Gasteiger partial charge >= 0.3 is 0 Å². The van der Waals surface area contributed by atoms with Gasteiger partial charge in [0.2, 0.25) is 5.89 Å². The normalized spacial score (nSPS) is 11.1. The molecule has 4 rings (SSSR count). The van der Waals surface area contributed by atoms with E-state index in [4.69, 9.17) is 32.4 Å². The molecule has 0 aliphatic carbocycles. The molecule has 3 aromatic carbocycles. The summed E-state index contributed by atoms with van der Waals surface area (Å²) >= 11 is 12.3. The molecule has 30 heavy (non-hydrogen) atoms. The summed E-state index contributed by atoms with van der Waals surface area (Å²) in [6, 6.07) is 17.4. The Bertz CT molecular complexity index is 1230. The fourth-order valence-electron chi connectivity index (χ4n) is 2.96. The van der Waals surface area contributed by atoms with Crippen molar-refractivity contribution in [2.45, 2.75) is 20.0 Å². The van der Waals surface area contributed by atoms with E-state index in [0.717, 1.165) is 0 Å². The van der Waals surface area contributed by atoms with Crippen molar-refractivity contribution >= 4 is 45.9 Å². The van der Waals surface area contributed by atoms with Crippen LogP contribution in [0.2, 0.25) is 10.0 Å². The Morgan fingerprint density at radius 3 is 2.70 bits per heavy atom. The minimum absolute atomic E-state index is 0.0145. The standard InChI is InChI=1S/C23H18Cl2N2O3/c1-13(2)29-17-5-3-4-14(10-17)22(28)26-19-11-15(6-8-18(19)25)23-27-20-12-16(24)7-9-21(20)30-23/h3-13H,1-2H3,(H,26,28). The molecule has 0 aliphatic heterocycles. The number of nitrogens with one attached hydrogen (secondary N) is 1. The Kier molecular flexibility index (Phi) is 5.66. The number of fused-ring (bicyclic) bond motifs is 1. The van der Waals surface area contributed by atoms with E-state index in [0.29, 0.717) is 49.6 Å². The van der Waals surface area contributed by atoms with Crippen molar-refractivity contribution in [3.63, 3.8) is 0 Å². The number of oxazole rings is 1. The number of aromatic nitrogens is 1. The average Bonchev–Trinajstić information content (AvgIpc) is 3.12. The summed E-state index contributed by atoms with van der Waals surface area (Å²) in [5.74, 6) is 0.738. The summed E-state index contributed by atoms with van der Waals surface area (Å²) in [5.41, 5.74) is 2.87. The van der Waals surface area contributed by atoms with Crippen molar-refractivity contribution in [1.29, 1.82) is 0 Å². The zero-order chi connectivity index (χ0) is 21.3. The van der Waals surface area contributed by atoms with Crippen LogP contribution in [0.3, 0.4) is 0 Å². The fourth-order valence-corrected chi connectivity index (χ4v) is 3.29. The number of nitrogens with zero attached hydrogens (tertiary/aromatic N) is 1. The summed E-state index contributed by atoms with van der Waals surface area (Å²) in [7, 11) is 0. The molecule has 1 heterocycles. The second-order valence-electron chi connectivity index (χ2n) is 6.97. The predicted molar refractivity (Wildman–Crippen MR) is 120 cm³/mol. The lowest BCUT2D eigenvalue weighted by molar-refractivity contribution is 0.102. The van der Waals surface area contributed by atoms with Gasteiger partial charge in [0.05, 0.1) is 16.8 Å². The van der Waals surface area contributed by atoms with Crippen molar-refractivity contribution in [2.75, 3.05) is 5.32 Å². The molecule has 0 saturated heterocycles. The van der Waals surface area contributed by atoms with Gasteiger partial charge in [0.25, 0.3) is 5.91 Å². The number of halogens is 2. The van der Waals surface area contributed by atoms with Crippen LogP contribution in [0.5, 0.6) is 5.75 Å². The molecule has 0 saturated carbocycles. The first-order valence-electron chi connectivity index (χ1n) is 9.33. The smallest absolute Gasteiger partial charge is 0.255 e. The lowest BCUT2D eigenvalue weighted by Gasteiger charge is -2.12. The first kappa shape index (κ1) is 20.3. The number of carbonyl (C=O) groups excluding carboxylic acids is 1. The highest BCUT2D eigenvalue weighted by molar-refractivity contribution is 6.34. The van der Waals surface area contributed by atoms with Gasteiger partial charge in [-0.3, -0.25) is 4.79 Å². The van der Waals surface area contributed by atoms with E-state index in [1.807, 2.05) is 19.9 Å². The van der Waals surface area contributed by atoms with Gasteiger partial charge in [-0.15, -0.1) is 0 Å². The second-order valence-corrected chi connectivity index (χ2v) is 7.82. The van der Waals surface area contributed by atoms with E-state index in [1.165, 1.54) is 0 Å². The van der Waals surface area contributed by atoms with Gasteiger partial charge in [-0.1, -0.05) is 29.3 Å². The number of amides is 1. The van der Waals surface area contributed by atoms with Gasteiger partial charge in [-0.2, -0.15) is 0 Å². The van der Waals surface area contributed by atoms with Gasteiger partial charge in [-0.25, -0.2) is 4.98 Å². The zero-order valence-electron chi connectivity index (χ0n) is 16.3. The third-order valence-corrected chi connectivity index (χ3v) is 4.84. The molecule has 0 aliphatic rings. The van der Waals surface area contributed by atoms with E-state index >= 15 is 0 Å². The van der Waals surface area contributed by atoms with E-state index < -0.39 is 0 Å². The van der Waals surface area contributed by atoms with Crippen LogP contribution < -0.4 is 10.1 Å². The number of rotatable bonds is 5. The Morgan fingerprint density at radius 1 is 1.07 bits per heavy atom. The number of anilines is 1. The highest BCUT2D eigenvalue weighted by Gasteiger charge is 2.14. The molecule has 1 aromatic heterocycles. The largest absolute Gasteiger partial charge is 0.491 e. The number of hydrogen-bond acceptors (Lipinski definition) is 4. The van der Waals surface area contributed by atoms with E-state index in [9.17, 15) is 4.79 Å². The number of benzene rings is 3. The molecule has 1 amide bonds. The highest BCUT2D eigenvalue weighted by atomic mass is 35.5. The van der Waals surface area contributed by atoms with Crippen molar-refractivity contribution in [2.24, 2.45) is 0 Å². The molecule has 1 N–H and O–H groups in total. The minimum atomic E-state index is -0.299. The lowest BCUT2D eigenvalue weighted by Crippen LogP contribution is -2.13. The average molecular weight is 441 g/mol. The molecule has 0 radical (unpaired) electrons. The SMILES string of the molecule is CC(C)Oc1cccc(C(=O)Nc2cc(-c3nc4cc(Cl)ccc4o3)ccc2Cl)c1. The molecular weight excluding hydrogens is 423 g/mol. The molecule has 0 unspecified atom stereocenters. The highest BCUT2D eigenvalue weighted by Crippen LogP contribution is 2.31. The van der Waals surface area contributed by atoms with Gasteiger partial charge in [0.1, 0.15) is 11.3 Å². The number of carbonyl (C=O) groups is 1. The van der Waals surface area contributed by atoms with E-state index in [-0.39, 0.29) is 12.0 Å². The van der Waals surface area contributed by atoms with Crippen LogP contribution in [0.25, 0.3) is 22.6 Å². The quantitative estimate of drug-likeness (QED) is 0.368. The topological polar surface area (TPSA) is 64.4 Å². The van der Waals surface area contributed by atoms with Gasteiger partial charge < -0.3 is 14.5 Å².